The molecule has 0 aromatic heterocycles. The van der Waals surface area contributed by atoms with Gasteiger partial charge in [-0.3, -0.25) is 4.79 Å². The van der Waals surface area contributed by atoms with E-state index in [-0.39, 0.29) is 12.4 Å². The molecule has 4 aromatic rings. The molecule has 0 saturated carbocycles. The third kappa shape index (κ3) is 6.27. The molecule has 0 aliphatic carbocycles. The molecule has 0 heterocycles. The zero-order chi connectivity index (χ0) is 27.0. The van der Waals surface area contributed by atoms with Crippen LogP contribution in [0.4, 0.5) is 4.39 Å². The number of carbonyl (C=O) groups excluding carboxylic acids is 1. The van der Waals surface area contributed by atoms with E-state index in [1.165, 1.54) is 18.3 Å². The van der Waals surface area contributed by atoms with E-state index in [0.717, 1.165) is 5.56 Å². The van der Waals surface area contributed by atoms with Crippen molar-refractivity contribution in [3.8, 4) is 11.5 Å². The second-order valence-corrected chi connectivity index (χ2v) is 9.16. The number of rotatable bonds is 10. The normalized spacial score (nSPS) is 11.4. The van der Waals surface area contributed by atoms with Gasteiger partial charge in [0, 0.05) is 10.0 Å². The number of carbonyl (C=O) groups is 1. The third-order valence-electron chi connectivity index (χ3n) is 5.75. The second-order valence-electron chi connectivity index (χ2n) is 8.31. The van der Waals surface area contributed by atoms with E-state index in [4.69, 9.17) is 9.47 Å². The molecule has 8 heteroatoms. The standard InChI is InChI=1S/C30H26BrFN2O4/c1-2-37-27-17-22(26(31)18-28(27)38-20-21-13-15-25(32)16-14-21)19-33-34-29(35)30(36,23-9-5-3-6-10-23)24-11-7-4-8-12-24/h3-19,36H,2,20H2,1H3,(H,34,35)/b33-19-. The fourth-order valence-corrected chi connectivity index (χ4v) is 4.23. The Morgan fingerprint density at radius 3 is 2.11 bits per heavy atom. The van der Waals surface area contributed by atoms with Gasteiger partial charge in [0.25, 0.3) is 5.91 Å². The highest BCUT2D eigenvalue weighted by atomic mass is 79.9. The largest absolute Gasteiger partial charge is 0.490 e. The maximum Gasteiger partial charge on any atom is 0.281 e. The Balaban J connectivity index is 1.54. The molecule has 194 valence electrons. The van der Waals surface area contributed by atoms with Crippen molar-refractivity contribution in [3.63, 3.8) is 0 Å². The minimum atomic E-state index is -1.94. The van der Waals surface area contributed by atoms with Crippen LogP contribution in [0.25, 0.3) is 0 Å². The van der Waals surface area contributed by atoms with E-state index in [2.05, 4.69) is 26.5 Å². The lowest BCUT2D eigenvalue weighted by Gasteiger charge is -2.27. The zero-order valence-corrected chi connectivity index (χ0v) is 22.2. The van der Waals surface area contributed by atoms with E-state index in [1.54, 1.807) is 72.8 Å². The number of hydrazone groups is 1. The van der Waals surface area contributed by atoms with Crippen molar-refractivity contribution in [1.29, 1.82) is 0 Å². The molecule has 0 saturated heterocycles. The van der Waals surface area contributed by atoms with Gasteiger partial charge in [0.15, 0.2) is 17.1 Å². The maximum absolute atomic E-state index is 13.3. The minimum Gasteiger partial charge on any atom is -0.490 e. The van der Waals surface area contributed by atoms with Crippen molar-refractivity contribution < 1.29 is 23.8 Å². The van der Waals surface area contributed by atoms with Gasteiger partial charge in [-0.15, -0.1) is 0 Å². The molecule has 0 atom stereocenters. The SMILES string of the molecule is CCOc1cc(/C=N\NC(=O)C(O)(c2ccccc2)c2ccccc2)c(Br)cc1OCc1ccc(F)cc1. The van der Waals surface area contributed by atoms with Gasteiger partial charge >= 0.3 is 0 Å². The Morgan fingerprint density at radius 1 is 0.947 bits per heavy atom. The van der Waals surface area contributed by atoms with E-state index >= 15 is 0 Å². The monoisotopic (exact) mass is 576 g/mol. The van der Waals surface area contributed by atoms with Crippen molar-refractivity contribution in [2.75, 3.05) is 6.61 Å². The summed E-state index contributed by atoms with van der Waals surface area (Å²) >= 11 is 3.51. The number of hydrogen-bond donors (Lipinski definition) is 2. The van der Waals surface area contributed by atoms with E-state index in [9.17, 15) is 14.3 Å². The van der Waals surface area contributed by atoms with Crippen molar-refractivity contribution in [2.24, 2.45) is 5.10 Å². The first kappa shape index (κ1) is 27.0. The van der Waals surface area contributed by atoms with Gasteiger partial charge in [0.05, 0.1) is 12.8 Å². The van der Waals surface area contributed by atoms with Crippen molar-refractivity contribution in [3.05, 3.63) is 130 Å². The molecule has 4 aromatic carbocycles. The van der Waals surface area contributed by atoms with E-state index < -0.39 is 11.5 Å². The molecule has 0 radical (unpaired) electrons. The molecule has 0 aliphatic rings. The fraction of sp³-hybridized carbons (Fsp3) is 0.133. The second kappa shape index (κ2) is 12.5. The van der Waals surface area contributed by atoms with Gasteiger partial charge in [-0.25, -0.2) is 9.82 Å². The average Bonchev–Trinajstić information content (AvgIpc) is 2.95. The van der Waals surface area contributed by atoms with Gasteiger partial charge in [0.1, 0.15) is 12.4 Å². The van der Waals surface area contributed by atoms with Gasteiger partial charge < -0.3 is 14.6 Å². The smallest absolute Gasteiger partial charge is 0.281 e. The Labute approximate surface area is 228 Å². The molecule has 1 amide bonds. The predicted molar refractivity (Wildman–Crippen MR) is 148 cm³/mol. The summed E-state index contributed by atoms with van der Waals surface area (Å²) in [6, 6.07) is 26.9. The molecule has 0 aliphatic heterocycles. The summed E-state index contributed by atoms with van der Waals surface area (Å²) in [4.78, 5) is 13.3. The van der Waals surface area contributed by atoms with Gasteiger partial charge in [-0.05, 0) is 63.8 Å². The minimum absolute atomic E-state index is 0.230. The summed E-state index contributed by atoms with van der Waals surface area (Å²) in [5.74, 6) is -0.0396. The molecular weight excluding hydrogens is 551 g/mol. The number of aliphatic hydroxyl groups is 1. The summed E-state index contributed by atoms with van der Waals surface area (Å²) in [7, 11) is 0. The van der Waals surface area contributed by atoms with Crippen LogP contribution in [0.3, 0.4) is 0 Å². The fourth-order valence-electron chi connectivity index (χ4n) is 3.80. The van der Waals surface area contributed by atoms with Gasteiger partial charge in [-0.2, -0.15) is 5.10 Å². The number of ether oxygens (including phenoxy) is 2. The number of nitrogens with one attached hydrogen (secondary N) is 1. The van der Waals surface area contributed by atoms with Gasteiger partial charge in [0.2, 0.25) is 0 Å². The van der Waals surface area contributed by atoms with Crippen LogP contribution in [-0.2, 0) is 17.0 Å². The van der Waals surface area contributed by atoms with Crippen LogP contribution in [0.5, 0.6) is 11.5 Å². The Hall–Kier alpha value is -4.01. The molecule has 0 fully saturated rings. The molecule has 0 bridgehead atoms. The number of nitrogens with zero attached hydrogens (tertiary/aromatic N) is 1. The van der Waals surface area contributed by atoms with Crippen LogP contribution in [0.1, 0.15) is 29.2 Å². The Kier molecular flexibility index (Phi) is 8.89. The highest BCUT2D eigenvalue weighted by molar-refractivity contribution is 9.10. The maximum atomic E-state index is 13.3. The average molecular weight is 577 g/mol. The van der Waals surface area contributed by atoms with Crippen LogP contribution in [0.15, 0.2) is 107 Å². The number of amides is 1. The van der Waals surface area contributed by atoms with Crippen LogP contribution >= 0.6 is 15.9 Å². The molecule has 4 rings (SSSR count). The summed E-state index contributed by atoms with van der Waals surface area (Å²) in [5, 5.41) is 15.6. The first-order valence-electron chi connectivity index (χ1n) is 11.9. The highest BCUT2D eigenvalue weighted by Crippen LogP contribution is 2.34. The van der Waals surface area contributed by atoms with Crippen LogP contribution in [0, 0.1) is 5.82 Å². The van der Waals surface area contributed by atoms with E-state index in [0.29, 0.717) is 39.3 Å². The number of halogens is 2. The summed E-state index contributed by atoms with van der Waals surface area (Å²) < 4.78 is 25.5. The van der Waals surface area contributed by atoms with Crippen LogP contribution in [-0.4, -0.2) is 23.8 Å². The zero-order valence-electron chi connectivity index (χ0n) is 20.6. The molecule has 2 N–H and O–H groups in total. The van der Waals surface area contributed by atoms with Crippen molar-refractivity contribution in [1.82, 2.24) is 5.43 Å². The lowest BCUT2D eigenvalue weighted by molar-refractivity contribution is -0.136. The first-order valence-corrected chi connectivity index (χ1v) is 12.7. The van der Waals surface area contributed by atoms with Crippen LogP contribution < -0.4 is 14.9 Å². The lowest BCUT2D eigenvalue weighted by atomic mass is 9.85. The number of hydrogen-bond acceptors (Lipinski definition) is 5. The summed E-state index contributed by atoms with van der Waals surface area (Å²) in [6.45, 7) is 2.49. The molecular formula is C30H26BrFN2O4. The Morgan fingerprint density at radius 2 is 1.53 bits per heavy atom. The molecule has 6 nitrogen and oxygen atoms in total. The molecule has 38 heavy (non-hydrogen) atoms. The third-order valence-corrected chi connectivity index (χ3v) is 6.44. The van der Waals surface area contributed by atoms with E-state index in [1.807, 2.05) is 19.1 Å². The Bertz CT molecular complexity index is 1360. The lowest BCUT2D eigenvalue weighted by Crippen LogP contribution is -2.43. The van der Waals surface area contributed by atoms with Crippen LogP contribution in [0.2, 0.25) is 0 Å². The predicted octanol–water partition coefficient (Wildman–Crippen LogP) is 5.95. The number of benzene rings is 4. The topological polar surface area (TPSA) is 80.2 Å². The summed E-state index contributed by atoms with van der Waals surface area (Å²) in [5.41, 5.74) is 2.79. The van der Waals surface area contributed by atoms with Gasteiger partial charge in [-0.1, -0.05) is 72.8 Å². The van der Waals surface area contributed by atoms with Crippen molar-refractivity contribution in [2.45, 2.75) is 19.1 Å². The quantitative estimate of drug-likeness (QED) is 0.180. The first-order chi connectivity index (χ1) is 18.4. The summed E-state index contributed by atoms with van der Waals surface area (Å²) in [6.07, 6.45) is 1.45. The highest BCUT2D eigenvalue weighted by Gasteiger charge is 2.39. The molecule has 0 spiro atoms. The van der Waals surface area contributed by atoms with Crippen molar-refractivity contribution >= 4 is 28.1 Å². The molecule has 0 unspecified atom stereocenters.